The third-order valence-electron chi connectivity index (χ3n) is 4.36. The van der Waals surface area contributed by atoms with Crippen LogP contribution >= 0.6 is 0 Å². The smallest absolute Gasteiger partial charge is 0.387 e. The minimum atomic E-state index is -2.92. The number of rotatable bonds is 7. The Balaban J connectivity index is 2.19. The predicted molar refractivity (Wildman–Crippen MR) is 101 cm³/mol. The molecular weight excluding hydrogens is 368 g/mol. The van der Waals surface area contributed by atoms with E-state index in [1.54, 1.807) is 22.9 Å². The monoisotopic (exact) mass is 389 g/mol. The molecule has 0 bridgehead atoms. The van der Waals surface area contributed by atoms with Gasteiger partial charge in [-0.1, -0.05) is 25.5 Å². The Hall–Kier alpha value is -3.03. The molecule has 0 aliphatic heterocycles. The summed E-state index contributed by atoms with van der Waals surface area (Å²) in [4.78, 5) is 17.1. The molecule has 28 heavy (non-hydrogen) atoms. The number of hydrogen-bond acceptors (Lipinski definition) is 5. The Bertz CT molecular complexity index is 1000. The highest BCUT2D eigenvalue weighted by molar-refractivity contribution is 6.04. The molecule has 1 aromatic carbocycles. The molecule has 0 unspecified atom stereocenters. The molecule has 0 aliphatic rings. The van der Waals surface area contributed by atoms with Gasteiger partial charge in [0, 0.05) is 12.1 Å². The first-order valence-electron chi connectivity index (χ1n) is 8.96. The van der Waals surface area contributed by atoms with Crippen molar-refractivity contribution in [3.8, 4) is 17.0 Å². The number of fused-ring (bicyclic) bond motifs is 1. The van der Waals surface area contributed by atoms with Gasteiger partial charge in [-0.15, -0.1) is 0 Å². The van der Waals surface area contributed by atoms with E-state index in [1.165, 1.54) is 19.2 Å². The van der Waals surface area contributed by atoms with E-state index in [-0.39, 0.29) is 5.75 Å². The lowest BCUT2D eigenvalue weighted by Crippen LogP contribution is -2.06. The maximum absolute atomic E-state index is 12.5. The number of alkyl halides is 2. The fourth-order valence-corrected chi connectivity index (χ4v) is 3.07. The Kier molecular flexibility index (Phi) is 5.87. The van der Waals surface area contributed by atoms with Crippen LogP contribution in [0.4, 0.5) is 8.78 Å². The molecule has 2 aromatic heterocycles. The number of ether oxygens (including phenoxy) is 2. The first kappa shape index (κ1) is 19.7. The first-order valence-corrected chi connectivity index (χ1v) is 8.96. The molecule has 2 heterocycles. The van der Waals surface area contributed by atoms with Gasteiger partial charge in [0.05, 0.1) is 29.4 Å². The molecule has 8 heteroatoms. The average molecular weight is 389 g/mol. The van der Waals surface area contributed by atoms with Gasteiger partial charge < -0.3 is 9.47 Å². The second-order valence-corrected chi connectivity index (χ2v) is 6.31. The lowest BCUT2D eigenvalue weighted by Gasteiger charge is -2.10. The summed E-state index contributed by atoms with van der Waals surface area (Å²) >= 11 is 0. The van der Waals surface area contributed by atoms with Gasteiger partial charge in [-0.2, -0.15) is 13.9 Å². The van der Waals surface area contributed by atoms with Crippen LogP contribution in [0.15, 0.2) is 30.3 Å². The van der Waals surface area contributed by atoms with Crippen LogP contribution in [0.5, 0.6) is 5.75 Å². The van der Waals surface area contributed by atoms with Crippen LogP contribution in [0.25, 0.3) is 22.3 Å². The lowest BCUT2D eigenvalue weighted by molar-refractivity contribution is -0.0498. The van der Waals surface area contributed by atoms with E-state index in [0.717, 1.165) is 12.8 Å². The fraction of sp³-hybridized carbons (Fsp3) is 0.350. The molecular formula is C20H21F2N3O3. The van der Waals surface area contributed by atoms with E-state index >= 15 is 0 Å². The van der Waals surface area contributed by atoms with E-state index in [4.69, 9.17) is 4.74 Å². The summed E-state index contributed by atoms with van der Waals surface area (Å²) in [5.41, 5.74) is 2.57. The summed E-state index contributed by atoms with van der Waals surface area (Å²) in [6, 6.07) is 7.80. The van der Waals surface area contributed by atoms with Crippen LogP contribution < -0.4 is 4.74 Å². The summed E-state index contributed by atoms with van der Waals surface area (Å²) in [6.45, 7) is 1.63. The topological polar surface area (TPSA) is 66.2 Å². The molecule has 0 N–H and O–H groups in total. The number of esters is 1. The normalized spacial score (nSPS) is 11.2. The van der Waals surface area contributed by atoms with Crippen molar-refractivity contribution in [1.82, 2.24) is 14.8 Å². The van der Waals surface area contributed by atoms with Gasteiger partial charge in [0.2, 0.25) is 0 Å². The Morgan fingerprint density at radius 2 is 2.07 bits per heavy atom. The summed E-state index contributed by atoms with van der Waals surface area (Å²) in [7, 11) is 1.31. The van der Waals surface area contributed by atoms with Gasteiger partial charge in [-0.3, -0.25) is 0 Å². The zero-order chi connectivity index (χ0) is 20.3. The van der Waals surface area contributed by atoms with Crippen molar-refractivity contribution in [2.45, 2.75) is 39.8 Å². The van der Waals surface area contributed by atoms with Crippen LogP contribution in [0.3, 0.4) is 0 Å². The molecule has 0 radical (unpaired) electrons. The first-order chi connectivity index (χ1) is 13.4. The standard InChI is InChI=1S/C20H21F2N3O3/c1-4-5-9-25-18-17(12(2)24-25)15(19(26)27-3)11-16(23-18)13-7-6-8-14(10-13)28-20(21)22/h6-8,10-11,20H,4-5,9H2,1-3H3. The molecule has 0 aliphatic carbocycles. The molecule has 3 aromatic rings. The van der Waals surface area contributed by atoms with Crippen molar-refractivity contribution < 1.29 is 23.0 Å². The van der Waals surface area contributed by atoms with E-state index in [0.29, 0.717) is 40.1 Å². The molecule has 0 saturated carbocycles. The number of nitrogens with zero attached hydrogens (tertiary/aromatic N) is 3. The van der Waals surface area contributed by atoms with Crippen molar-refractivity contribution in [3.63, 3.8) is 0 Å². The molecule has 0 fully saturated rings. The number of benzene rings is 1. The van der Waals surface area contributed by atoms with Crippen molar-refractivity contribution in [2.75, 3.05) is 7.11 Å². The predicted octanol–water partition coefficient (Wildman–Crippen LogP) is 4.59. The fourth-order valence-electron chi connectivity index (χ4n) is 3.07. The number of halogens is 2. The average Bonchev–Trinajstić information content (AvgIpc) is 3.00. The Morgan fingerprint density at radius 3 is 2.75 bits per heavy atom. The molecule has 0 atom stereocenters. The van der Waals surface area contributed by atoms with Crippen LogP contribution in [-0.4, -0.2) is 34.5 Å². The molecule has 0 spiro atoms. The van der Waals surface area contributed by atoms with E-state index in [2.05, 4.69) is 21.7 Å². The third-order valence-corrected chi connectivity index (χ3v) is 4.36. The maximum Gasteiger partial charge on any atom is 0.387 e. The van der Waals surface area contributed by atoms with Crippen LogP contribution in [-0.2, 0) is 11.3 Å². The van der Waals surface area contributed by atoms with E-state index < -0.39 is 12.6 Å². The number of pyridine rings is 1. The van der Waals surface area contributed by atoms with E-state index in [1.807, 2.05) is 6.92 Å². The molecule has 0 saturated heterocycles. The summed E-state index contributed by atoms with van der Waals surface area (Å²) < 4.78 is 36.3. The largest absolute Gasteiger partial charge is 0.465 e. The lowest BCUT2D eigenvalue weighted by atomic mass is 10.1. The SMILES string of the molecule is CCCCn1nc(C)c2c(C(=O)OC)cc(-c3cccc(OC(F)F)c3)nc21. The van der Waals surface area contributed by atoms with Gasteiger partial charge in [-0.05, 0) is 31.5 Å². The van der Waals surface area contributed by atoms with Crippen molar-refractivity contribution in [2.24, 2.45) is 0 Å². The van der Waals surface area contributed by atoms with Gasteiger partial charge in [0.25, 0.3) is 0 Å². The zero-order valence-electron chi connectivity index (χ0n) is 15.9. The molecule has 6 nitrogen and oxygen atoms in total. The maximum atomic E-state index is 12.5. The number of carbonyl (C=O) groups excluding carboxylic acids is 1. The van der Waals surface area contributed by atoms with Crippen LogP contribution in [0.2, 0.25) is 0 Å². The van der Waals surface area contributed by atoms with Crippen molar-refractivity contribution in [3.05, 3.63) is 41.6 Å². The highest BCUT2D eigenvalue weighted by Crippen LogP contribution is 2.30. The zero-order valence-corrected chi connectivity index (χ0v) is 15.9. The number of carbonyl (C=O) groups is 1. The number of aryl methyl sites for hydroxylation is 2. The van der Waals surface area contributed by atoms with Gasteiger partial charge in [-0.25, -0.2) is 14.5 Å². The number of hydrogen-bond donors (Lipinski definition) is 0. The second-order valence-electron chi connectivity index (χ2n) is 6.31. The summed E-state index contributed by atoms with van der Waals surface area (Å²) in [5, 5.41) is 5.15. The summed E-state index contributed by atoms with van der Waals surface area (Å²) in [5.74, 6) is -0.489. The number of methoxy groups -OCH3 is 1. The van der Waals surface area contributed by atoms with Crippen LogP contribution in [0.1, 0.15) is 35.8 Å². The molecule has 0 amide bonds. The van der Waals surface area contributed by atoms with Gasteiger partial charge in [0.1, 0.15) is 5.75 Å². The number of aromatic nitrogens is 3. The third kappa shape index (κ3) is 3.95. The molecule has 3 rings (SSSR count). The van der Waals surface area contributed by atoms with Crippen molar-refractivity contribution >= 4 is 17.0 Å². The molecule has 148 valence electrons. The van der Waals surface area contributed by atoms with Gasteiger partial charge in [0.15, 0.2) is 5.65 Å². The highest BCUT2D eigenvalue weighted by atomic mass is 19.3. The van der Waals surface area contributed by atoms with Gasteiger partial charge >= 0.3 is 12.6 Å². The van der Waals surface area contributed by atoms with Crippen LogP contribution in [0, 0.1) is 6.92 Å². The highest BCUT2D eigenvalue weighted by Gasteiger charge is 2.20. The number of unbranched alkanes of at least 4 members (excludes halogenated alkanes) is 1. The quantitative estimate of drug-likeness (QED) is 0.553. The minimum Gasteiger partial charge on any atom is -0.465 e. The van der Waals surface area contributed by atoms with Crippen molar-refractivity contribution in [1.29, 1.82) is 0 Å². The van der Waals surface area contributed by atoms with E-state index in [9.17, 15) is 13.6 Å². The Labute approximate surface area is 161 Å². The summed E-state index contributed by atoms with van der Waals surface area (Å²) in [6.07, 6.45) is 1.89. The Morgan fingerprint density at radius 1 is 1.29 bits per heavy atom. The minimum absolute atomic E-state index is 0.0182. The second kappa shape index (κ2) is 8.33.